The topological polar surface area (TPSA) is 24.7 Å². The summed E-state index contributed by atoms with van der Waals surface area (Å²) in [5.74, 6) is 0.462. The number of nitrogens with one attached hydrogen (secondary N) is 1. The molecule has 0 fully saturated rings. The van der Waals surface area contributed by atoms with Gasteiger partial charge in [-0.15, -0.1) is 0 Å². The summed E-state index contributed by atoms with van der Waals surface area (Å²) in [5.41, 5.74) is 4.58. The molecule has 136 valence electrons. The van der Waals surface area contributed by atoms with E-state index in [1.165, 1.54) is 16.0 Å². The number of hydrogen-bond acceptors (Lipinski definition) is 1. The lowest BCUT2D eigenvalue weighted by atomic mass is 9.78. The Balaban J connectivity index is 2.34. The molecular formula is C23H34NO+. The zero-order valence-corrected chi connectivity index (χ0v) is 16.9. The van der Waals surface area contributed by atoms with Crippen molar-refractivity contribution in [1.82, 2.24) is 0 Å². The molecule has 1 unspecified atom stereocenters. The maximum atomic E-state index is 10.8. The van der Waals surface area contributed by atoms with E-state index in [0.29, 0.717) is 5.75 Å². The second-order valence-electron chi connectivity index (χ2n) is 9.34. The van der Waals surface area contributed by atoms with Gasteiger partial charge in [-0.05, 0) is 23.0 Å². The molecule has 0 aliphatic heterocycles. The Hall–Kier alpha value is -1.80. The quantitative estimate of drug-likeness (QED) is 0.856. The van der Waals surface area contributed by atoms with Crippen LogP contribution in [0.3, 0.4) is 0 Å². The van der Waals surface area contributed by atoms with Gasteiger partial charge in [-0.25, -0.2) is 0 Å². The van der Waals surface area contributed by atoms with Crippen molar-refractivity contribution in [3.05, 3.63) is 64.7 Å². The lowest BCUT2D eigenvalue weighted by Crippen LogP contribution is -3.06. The normalized spacial score (nSPS) is 13.7. The van der Waals surface area contributed by atoms with Crippen molar-refractivity contribution >= 4 is 0 Å². The lowest BCUT2D eigenvalue weighted by Gasteiger charge is -2.28. The highest BCUT2D eigenvalue weighted by atomic mass is 16.3. The van der Waals surface area contributed by atoms with Crippen molar-refractivity contribution in [2.45, 2.75) is 65.5 Å². The molecule has 2 aromatic rings. The molecule has 0 radical (unpaired) electrons. The number of aromatic hydroxyl groups is 1. The number of phenolic OH excluding ortho intramolecular Hbond substituents is 1. The zero-order chi connectivity index (χ0) is 18.8. The van der Waals surface area contributed by atoms with Gasteiger partial charge >= 0.3 is 0 Å². The molecule has 2 heteroatoms. The summed E-state index contributed by atoms with van der Waals surface area (Å²) >= 11 is 0. The summed E-state index contributed by atoms with van der Waals surface area (Å²) in [7, 11) is 2.23. The minimum absolute atomic E-state index is 0.0760. The molecule has 2 rings (SSSR count). The third-order valence-corrected chi connectivity index (χ3v) is 4.64. The highest BCUT2D eigenvalue weighted by Gasteiger charge is 2.27. The molecule has 0 heterocycles. The van der Waals surface area contributed by atoms with Crippen LogP contribution in [0.25, 0.3) is 0 Å². The van der Waals surface area contributed by atoms with Crippen molar-refractivity contribution in [2.24, 2.45) is 0 Å². The van der Waals surface area contributed by atoms with Crippen LogP contribution in [-0.2, 0) is 23.9 Å². The number of phenols is 1. The average molecular weight is 341 g/mol. The SMILES string of the molecule is C[NH+](Cc1ccccc1)Cc1cc(C(C)(C)C)c(O)c(C(C)(C)C)c1. The number of hydrogen-bond donors (Lipinski definition) is 2. The Morgan fingerprint density at radius 1 is 0.760 bits per heavy atom. The minimum Gasteiger partial charge on any atom is -0.507 e. The van der Waals surface area contributed by atoms with Gasteiger partial charge in [0.25, 0.3) is 0 Å². The summed E-state index contributed by atoms with van der Waals surface area (Å²) in [4.78, 5) is 1.44. The fourth-order valence-corrected chi connectivity index (χ4v) is 3.30. The van der Waals surface area contributed by atoms with Gasteiger partial charge in [0.1, 0.15) is 18.8 Å². The van der Waals surface area contributed by atoms with E-state index in [0.717, 1.165) is 24.2 Å². The summed E-state index contributed by atoms with van der Waals surface area (Å²) in [6.45, 7) is 14.9. The van der Waals surface area contributed by atoms with Crippen molar-refractivity contribution in [2.75, 3.05) is 7.05 Å². The summed E-state index contributed by atoms with van der Waals surface area (Å²) in [6, 6.07) is 15.0. The van der Waals surface area contributed by atoms with Crippen LogP contribution in [0.1, 0.15) is 63.8 Å². The van der Waals surface area contributed by atoms with Gasteiger partial charge in [0, 0.05) is 22.3 Å². The highest BCUT2D eigenvalue weighted by molar-refractivity contribution is 5.49. The van der Waals surface area contributed by atoms with E-state index in [1.54, 1.807) is 0 Å². The van der Waals surface area contributed by atoms with Crippen LogP contribution >= 0.6 is 0 Å². The zero-order valence-electron chi connectivity index (χ0n) is 16.9. The predicted octanol–water partition coefficient (Wildman–Crippen LogP) is 4.20. The first kappa shape index (κ1) is 19.5. The molecule has 2 nitrogen and oxygen atoms in total. The standard InChI is InChI=1S/C23H33NO/c1-22(2,3)19-13-18(14-20(21(19)25)23(4,5)6)16-24(7)15-17-11-9-8-10-12-17/h8-14,25H,15-16H2,1-7H3/p+1. The Bertz CT molecular complexity index is 670. The van der Waals surface area contributed by atoms with E-state index in [1.807, 2.05) is 0 Å². The fourth-order valence-electron chi connectivity index (χ4n) is 3.30. The third kappa shape index (κ3) is 5.09. The average Bonchev–Trinajstić information content (AvgIpc) is 2.47. The molecule has 2 N–H and O–H groups in total. The first-order valence-electron chi connectivity index (χ1n) is 9.20. The van der Waals surface area contributed by atoms with Gasteiger partial charge in [0.2, 0.25) is 0 Å². The van der Waals surface area contributed by atoms with Crippen LogP contribution in [0.5, 0.6) is 5.75 Å². The van der Waals surface area contributed by atoms with E-state index in [2.05, 4.69) is 91.1 Å². The van der Waals surface area contributed by atoms with Crippen LogP contribution in [-0.4, -0.2) is 12.2 Å². The number of rotatable bonds is 4. The van der Waals surface area contributed by atoms with Crippen molar-refractivity contribution in [3.8, 4) is 5.75 Å². The maximum absolute atomic E-state index is 10.8. The van der Waals surface area contributed by atoms with Crippen LogP contribution in [0.15, 0.2) is 42.5 Å². The summed E-state index contributed by atoms with van der Waals surface area (Å²) in [5, 5.41) is 10.8. The molecule has 0 saturated carbocycles. The van der Waals surface area contributed by atoms with Gasteiger partial charge in [0.15, 0.2) is 0 Å². The summed E-state index contributed by atoms with van der Waals surface area (Å²) in [6.07, 6.45) is 0. The molecule has 0 bridgehead atoms. The summed E-state index contributed by atoms with van der Waals surface area (Å²) < 4.78 is 0. The Morgan fingerprint density at radius 2 is 1.20 bits per heavy atom. The Labute approximate surface area is 153 Å². The molecule has 0 aliphatic rings. The highest BCUT2D eigenvalue weighted by Crippen LogP contribution is 2.39. The van der Waals surface area contributed by atoms with Crippen LogP contribution in [0.2, 0.25) is 0 Å². The molecule has 25 heavy (non-hydrogen) atoms. The largest absolute Gasteiger partial charge is 0.507 e. The van der Waals surface area contributed by atoms with Crippen molar-refractivity contribution in [3.63, 3.8) is 0 Å². The van der Waals surface area contributed by atoms with E-state index in [-0.39, 0.29) is 10.8 Å². The van der Waals surface area contributed by atoms with E-state index in [4.69, 9.17) is 0 Å². The second kappa shape index (κ2) is 7.21. The molecule has 0 aromatic heterocycles. The predicted molar refractivity (Wildman–Crippen MR) is 106 cm³/mol. The van der Waals surface area contributed by atoms with Crippen LogP contribution in [0.4, 0.5) is 0 Å². The smallest absolute Gasteiger partial charge is 0.123 e. The van der Waals surface area contributed by atoms with Gasteiger partial charge in [-0.1, -0.05) is 71.9 Å². The second-order valence-corrected chi connectivity index (χ2v) is 9.34. The molecule has 1 atom stereocenters. The van der Waals surface area contributed by atoms with Gasteiger partial charge in [-0.3, -0.25) is 0 Å². The monoisotopic (exact) mass is 340 g/mol. The molecule has 0 aliphatic carbocycles. The first-order chi connectivity index (χ1) is 11.5. The van der Waals surface area contributed by atoms with Gasteiger partial charge in [0.05, 0.1) is 7.05 Å². The lowest BCUT2D eigenvalue weighted by molar-refractivity contribution is -0.907. The molecular weight excluding hydrogens is 306 g/mol. The third-order valence-electron chi connectivity index (χ3n) is 4.64. The maximum Gasteiger partial charge on any atom is 0.123 e. The minimum atomic E-state index is -0.0760. The van der Waals surface area contributed by atoms with E-state index < -0.39 is 0 Å². The van der Waals surface area contributed by atoms with Crippen LogP contribution in [0, 0.1) is 0 Å². The molecule has 2 aromatic carbocycles. The van der Waals surface area contributed by atoms with Gasteiger partial charge in [-0.2, -0.15) is 0 Å². The Kier molecular flexibility index (Phi) is 5.63. The van der Waals surface area contributed by atoms with Crippen LogP contribution < -0.4 is 4.90 Å². The van der Waals surface area contributed by atoms with Crippen molar-refractivity contribution < 1.29 is 10.0 Å². The molecule has 0 amide bonds. The van der Waals surface area contributed by atoms with E-state index in [9.17, 15) is 5.11 Å². The van der Waals surface area contributed by atoms with E-state index >= 15 is 0 Å². The Morgan fingerprint density at radius 3 is 1.64 bits per heavy atom. The fraction of sp³-hybridized carbons (Fsp3) is 0.478. The van der Waals surface area contributed by atoms with Gasteiger partial charge < -0.3 is 10.0 Å². The van der Waals surface area contributed by atoms with Crippen molar-refractivity contribution in [1.29, 1.82) is 0 Å². The first-order valence-corrected chi connectivity index (χ1v) is 9.20. The molecule has 0 spiro atoms. The number of quaternary nitrogens is 1. The molecule has 0 saturated heterocycles. The number of benzene rings is 2.